The molecular formula is C21H25N5O2S. The molecule has 0 unspecified atom stereocenters. The van der Waals surface area contributed by atoms with E-state index in [9.17, 15) is 9.59 Å². The van der Waals surface area contributed by atoms with Gasteiger partial charge in [0.05, 0.1) is 16.6 Å². The zero-order valence-corrected chi connectivity index (χ0v) is 17.7. The van der Waals surface area contributed by atoms with E-state index in [1.165, 1.54) is 11.3 Å². The van der Waals surface area contributed by atoms with Crippen LogP contribution >= 0.6 is 11.3 Å². The van der Waals surface area contributed by atoms with E-state index in [1.54, 1.807) is 21.5 Å². The predicted octanol–water partition coefficient (Wildman–Crippen LogP) is 3.33. The molecule has 1 aliphatic rings. The van der Waals surface area contributed by atoms with Gasteiger partial charge in [-0.05, 0) is 70.7 Å². The molecule has 152 valence electrons. The molecule has 7 nitrogen and oxygen atoms in total. The highest BCUT2D eigenvalue weighted by Gasteiger charge is 2.25. The molecule has 3 aromatic heterocycles. The number of rotatable bonds is 4. The van der Waals surface area contributed by atoms with Crippen molar-refractivity contribution in [2.45, 2.75) is 58.5 Å². The molecule has 1 aliphatic carbocycles. The smallest absolute Gasteiger partial charge is 0.267 e. The molecule has 0 aromatic carbocycles. The molecular weight excluding hydrogens is 386 g/mol. The Hall–Kier alpha value is -2.74. The fourth-order valence-corrected chi connectivity index (χ4v) is 4.70. The fourth-order valence-electron chi connectivity index (χ4n) is 3.93. The Morgan fingerprint density at radius 1 is 1.07 bits per heavy atom. The second-order valence-electron chi connectivity index (χ2n) is 7.70. The van der Waals surface area contributed by atoms with Gasteiger partial charge in [0.25, 0.3) is 11.5 Å². The molecule has 1 fully saturated rings. The maximum Gasteiger partial charge on any atom is 0.267 e. The van der Waals surface area contributed by atoms with Crippen LogP contribution in [-0.2, 0) is 0 Å². The first-order chi connectivity index (χ1) is 13.9. The third-order valence-electron chi connectivity index (χ3n) is 5.38. The lowest BCUT2D eigenvalue weighted by Gasteiger charge is -2.29. The Balaban J connectivity index is 1.44. The highest BCUT2D eigenvalue weighted by atomic mass is 32.1. The van der Waals surface area contributed by atoms with Crippen molar-refractivity contribution in [3.63, 3.8) is 0 Å². The molecule has 0 aliphatic heterocycles. The van der Waals surface area contributed by atoms with Gasteiger partial charge in [-0.1, -0.05) is 0 Å². The molecule has 3 heterocycles. The minimum Gasteiger partial charge on any atom is -0.349 e. The van der Waals surface area contributed by atoms with Gasteiger partial charge < -0.3 is 5.32 Å². The third kappa shape index (κ3) is 4.17. The third-order valence-corrected chi connectivity index (χ3v) is 6.38. The van der Waals surface area contributed by atoms with Crippen LogP contribution in [0.4, 0.5) is 0 Å². The average molecular weight is 412 g/mol. The van der Waals surface area contributed by atoms with Gasteiger partial charge in [0, 0.05) is 22.7 Å². The minimum absolute atomic E-state index is 0.00614. The van der Waals surface area contributed by atoms with Gasteiger partial charge in [-0.25, -0.2) is 9.36 Å². The van der Waals surface area contributed by atoms with Gasteiger partial charge in [0.2, 0.25) is 0 Å². The van der Waals surface area contributed by atoms with E-state index in [1.807, 2.05) is 39.0 Å². The van der Waals surface area contributed by atoms with Gasteiger partial charge in [0.1, 0.15) is 0 Å². The summed E-state index contributed by atoms with van der Waals surface area (Å²) in [7, 11) is 0. The first-order valence-corrected chi connectivity index (χ1v) is 10.7. The second-order valence-corrected chi connectivity index (χ2v) is 8.99. The second kappa shape index (κ2) is 7.94. The lowest BCUT2D eigenvalue weighted by Crippen LogP contribution is -2.39. The first kappa shape index (κ1) is 19.6. The van der Waals surface area contributed by atoms with E-state index in [0.29, 0.717) is 5.82 Å². The largest absolute Gasteiger partial charge is 0.349 e. The Labute approximate surface area is 173 Å². The van der Waals surface area contributed by atoms with Crippen LogP contribution in [0.15, 0.2) is 35.1 Å². The van der Waals surface area contributed by atoms with Gasteiger partial charge in [-0.3, -0.25) is 9.59 Å². The highest BCUT2D eigenvalue weighted by molar-refractivity contribution is 7.13. The molecule has 1 saturated carbocycles. The number of amides is 1. The van der Waals surface area contributed by atoms with Crippen LogP contribution in [0.5, 0.6) is 0 Å². The lowest BCUT2D eigenvalue weighted by atomic mass is 9.91. The standard InChI is InChI=1S/C21H25N5O2S/c1-13-12-14(2)25(23-13)19-10-11-20(27)26(24-19)17-7-5-16(6-8-17)22-21(28)18-9-4-15(3)29-18/h4,9-12,16-17H,5-8H2,1-3H3,(H,22,28). The molecule has 0 radical (unpaired) electrons. The van der Waals surface area contributed by atoms with Crippen molar-refractivity contribution in [3.8, 4) is 5.82 Å². The predicted molar refractivity (Wildman–Crippen MR) is 113 cm³/mol. The number of aromatic nitrogens is 4. The van der Waals surface area contributed by atoms with Crippen molar-refractivity contribution in [2.75, 3.05) is 0 Å². The molecule has 0 saturated heterocycles. The number of nitrogens with zero attached hydrogens (tertiary/aromatic N) is 4. The summed E-state index contributed by atoms with van der Waals surface area (Å²) in [5.41, 5.74) is 1.80. The number of carbonyl (C=O) groups is 1. The summed E-state index contributed by atoms with van der Waals surface area (Å²) in [6.07, 6.45) is 3.28. The maximum absolute atomic E-state index is 12.4. The SMILES string of the molecule is Cc1cc(C)n(-c2ccc(=O)n(C3CCC(NC(=O)c4ccc(C)s4)CC3)n2)n1. The molecule has 1 N–H and O–H groups in total. The van der Waals surface area contributed by atoms with E-state index >= 15 is 0 Å². The zero-order valence-electron chi connectivity index (χ0n) is 16.9. The summed E-state index contributed by atoms with van der Waals surface area (Å²) in [6, 6.07) is 9.27. The van der Waals surface area contributed by atoms with Gasteiger partial charge in [-0.15, -0.1) is 16.4 Å². The van der Waals surface area contributed by atoms with E-state index in [4.69, 9.17) is 0 Å². The number of thiophene rings is 1. The molecule has 0 spiro atoms. The monoisotopic (exact) mass is 411 g/mol. The molecule has 3 aromatic rings. The normalized spacial score (nSPS) is 19.3. The van der Waals surface area contributed by atoms with E-state index in [0.717, 1.165) is 46.8 Å². The molecule has 0 atom stereocenters. The van der Waals surface area contributed by atoms with Crippen LogP contribution in [0.2, 0.25) is 0 Å². The topological polar surface area (TPSA) is 81.8 Å². The van der Waals surface area contributed by atoms with Crippen molar-refractivity contribution >= 4 is 17.2 Å². The summed E-state index contributed by atoms with van der Waals surface area (Å²) in [6.45, 7) is 5.91. The van der Waals surface area contributed by atoms with E-state index in [2.05, 4.69) is 15.5 Å². The summed E-state index contributed by atoms with van der Waals surface area (Å²) in [5.74, 6) is 0.645. The quantitative estimate of drug-likeness (QED) is 0.714. The van der Waals surface area contributed by atoms with Gasteiger partial charge in [0.15, 0.2) is 5.82 Å². The molecule has 1 amide bonds. The first-order valence-electron chi connectivity index (χ1n) is 9.91. The van der Waals surface area contributed by atoms with Crippen LogP contribution in [0.25, 0.3) is 5.82 Å². The highest BCUT2D eigenvalue weighted by Crippen LogP contribution is 2.27. The minimum atomic E-state index is -0.100. The number of aryl methyl sites for hydroxylation is 3. The number of hydrogen-bond donors (Lipinski definition) is 1. The number of carbonyl (C=O) groups excluding carboxylic acids is 1. The Bertz CT molecular complexity index is 1090. The number of hydrogen-bond acceptors (Lipinski definition) is 5. The summed E-state index contributed by atoms with van der Waals surface area (Å²) >= 11 is 1.51. The molecule has 4 rings (SSSR count). The molecule has 0 bridgehead atoms. The average Bonchev–Trinajstić information content (AvgIpc) is 3.28. The van der Waals surface area contributed by atoms with Crippen molar-refractivity contribution in [1.82, 2.24) is 24.9 Å². The summed E-state index contributed by atoms with van der Waals surface area (Å²) in [4.78, 5) is 26.7. The van der Waals surface area contributed by atoms with E-state index < -0.39 is 0 Å². The fraction of sp³-hybridized carbons (Fsp3) is 0.429. The van der Waals surface area contributed by atoms with Crippen molar-refractivity contribution in [1.29, 1.82) is 0 Å². The Morgan fingerprint density at radius 2 is 1.83 bits per heavy atom. The van der Waals surface area contributed by atoms with Crippen LogP contribution in [-0.4, -0.2) is 31.5 Å². The lowest BCUT2D eigenvalue weighted by molar-refractivity contribution is 0.0925. The van der Waals surface area contributed by atoms with Crippen LogP contribution < -0.4 is 10.9 Å². The Morgan fingerprint density at radius 3 is 2.45 bits per heavy atom. The van der Waals surface area contributed by atoms with Gasteiger partial charge >= 0.3 is 0 Å². The summed E-state index contributed by atoms with van der Waals surface area (Å²) in [5, 5.41) is 12.2. The van der Waals surface area contributed by atoms with E-state index in [-0.39, 0.29) is 23.6 Å². The summed E-state index contributed by atoms with van der Waals surface area (Å²) < 4.78 is 3.35. The Kier molecular flexibility index (Phi) is 5.36. The van der Waals surface area contributed by atoms with Crippen molar-refractivity contribution in [2.24, 2.45) is 0 Å². The van der Waals surface area contributed by atoms with Crippen molar-refractivity contribution < 1.29 is 4.79 Å². The van der Waals surface area contributed by atoms with Crippen LogP contribution in [0.1, 0.15) is 57.7 Å². The molecule has 8 heteroatoms. The number of nitrogens with one attached hydrogen (secondary N) is 1. The van der Waals surface area contributed by atoms with Gasteiger partial charge in [-0.2, -0.15) is 5.10 Å². The van der Waals surface area contributed by atoms with Crippen LogP contribution in [0.3, 0.4) is 0 Å². The molecule has 29 heavy (non-hydrogen) atoms. The van der Waals surface area contributed by atoms with Crippen LogP contribution in [0, 0.1) is 20.8 Å². The maximum atomic E-state index is 12.4. The zero-order chi connectivity index (χ0) is 20.5. The van der Waals surface area contributed by atoms with Crippen molar-refractivity contribution in [3.05, 3.63) is 61.8 Å².